The number of rotatable bonds is 5. The van der Waals surface area contributed by atoms with Crippen LogP contribution in [0, 0.1) is 0 Å². The lowest BCUT2D eigenvalue weighted by atomic mass is 9.98. The van der Waals surface area contributed by atoms with Gasteiger partial charge >= 0.3 is 0 Å². The van der Waals surface area contributed by atoms with E-state index in [1.165, 1.54) is 11.1 Å². The first-order valence-corrected chi connectivity index (χ1v) is 9.49. The molecule has 3 aromatic rings. The van der Waals surface area contributed by atoms with Gasteiger partial charge in [-0.3, -0.25) is 9.78 Å². The maximum absolute atomic E-state index is 12.6. The second kappa shape index (κ2) is 8.22. The number of nitrogens with one attached hydrogen (secondary N) is 1. The number of pyridine rings is 1. The molecular formula is C23H23N3O3. The molecule has 1 aliphatic heterocycles. The average Bonchev–Trinajstić information content (AvgIpc) is 2.78. The fourth-order valence-electron chi connectivity index (χ4n) is 3.56. The Morgan fingerprint density at radius 3 is 2.45 bits per heavy atom. The Morgan fingerprint density at radius 2 is 1.72 bits per heavy atom. The molecule has 0 bridgehead atoms. The van der Waals surface area contributed by atoms with Gasteiger partial charge in [0.05, 0.1) is 14.2 Å². The van der Waals surface area contributed by atoms with Gasteiger partial charge in [-0.2, -0.15) is 0 Å². The fourth-order valence-corrected chi connectivity index (χ4v) is 3.56. The summed E-state index contributed by atoms with van der Waals surface area (Å²) in [5.74, 6) is 1.26. The molecule has 29 heavy (non-hydrogen) atoms. The molecule has 2 aromatic carbocycles. The van der Waals surface area contributed by atoms with Crippen molar-refractivity contribution in [1.29, 1.82) is 0 Å². The standard InChI is InChI=1S/C23H23N3O3/c1-28-21-12-16-9-11-26(15-17(16)13-22(21)29-2)19-8-10-24-20(14-19)23(27)25-18-6-4-3-5-7-18/h3-8,10,12-14H,9,11,15H2,1-2H3,(H,25,27). The van der Waals surface area contributed by atoms with Crippen LogP contribution in [0.5, 0.6) is 11.5 Å². The van der Waals surface area contributed by atoms with Gasteiger partial charge in [0.1, 0.15) is 5.69 Å². The molecule has 1 aliphatic rings. The van der Waals surface area contributed by atoms with Crippen molar-refractivity contribution in [3.8, 4) is 11.5 Å². The van der Waals surface area contributed by atoms with E-state index in [-0.39, 0.29) is 5.91 Å². The summed E-state index contributed by atoms with van der Waals surface area (Å²) in [5, 5.41) is 2.88. The molecule has 6 nitrogen and oxygen atoms in total. The molecule has 0 radical (unpaired) electrons. The van der Waals surface area contributed by atoms with Gasteiger partial charge in [0.15, 0.2) is 11.5 Å². The molecule has 0 unspecified atom stereocenters. The number of nitrogens with zero attached hydrogens (tertiary/aromatic N) is 2. The SMILES string of the molecule is COc1cc2c(cc1OC)CN(c1ccnc(C(=O)Nc3ccccc3)c1)CC2. The zero-order valence-corrected chi connectivity index (χ0v) is 16.5. The van der Waals surface area contributed by atoms with Crippen LogP contribution in [-0.4, -0.2) is 31.7 Å². The van der Waals surface area contributed by atoms with Crippen LogP contribution in [0.25, 0.3) is 0 Å². The summed E-state index contributed by atoms with van der Waals surface area (Å²) in [6, 6.07) is 17.2. The fraction of sp³-hybridized carbons (Fsp3) is 0.217. The molecule has 4 rings (SSSR count). The highest BCUT2D eigenvalue weighted by atomic mass is 16.5. The molecule has 0 aliphatic carbocycles. The number of carbonyl (C=O) groups is 1. The van der Waals surface area contributed by atoms with Gasteiger partial charge < -0.3 is 19.7 Å². The summed E-state index contributed by atoms with van der Waals surface area (Å²) in [4.78, 5) is 19.1. The molecule has 1 aromatic heterocycles. The number of benzene rings is 2. The number of hydrogen-bond donors (Lipinski definition) is 1. The molecule has 1 amide bonds. The van der Waals surface area contributed by atoms with Crippen LogP contribution in [0.2, 0.25) is 0 Å². The molecule has 1 N–H and O–H groups in total. The Balaban J connectivity index is 1.54. The second-order valence-electron chi connectivity index (χ2n) is 6.87. The summed E-state index contributed by atoms with van der Waals surface area (Å²) in [5.41, 5.74) is 4.57. The van der Waals surface area contributed by atoms with Crippen molar-refractivity contribution >= 4 is 17.3 Å². The third-order valence-electron chi connectivity index (χ3n) is 5.09. The average molecular weight is 389 g/mol. The first-order valence-electron chi connectivity index (χ1n) is 9.49. The minimum absolute atomic E-state index is 0.220. The molecule has 0 fully saturated rings. The molecule has 0 atom stereocenters. The second-order valence-corrected chi connectivity index (χ2v) is 6.87. The van der Waals surface area contributed by atoms with Crippen molar-refractivity contribution in [3.05, 3.63) is 77.6 Å². The van der Waals surface area contributed by atoms with E-state index in [0.717, 1.165) is 42.4 Å². The van der Waals surface area contributed by atoms with Crippen LogP contribution in [0.15, 0.2) is 60.8 Å². The van der Waals surface area contributed by atoms with Gasteiger partial charge in [0.25, 0.3) is 5.91 Å². The zero-order chi connectivity index (χ0) is 20.2. The lowest BCUT2D eigenvalue weighted by Gasteiger charge is -2.31. The van der Waals surface area contributed by atoms with E-state index >= 15 is 0 Å². The van der Waals surface area contributed by atoms with Gasteiger partial charge in [0, 0.05) is 30.7 Å². The number of methoxy groups -OCH3 is 2. The number of para-hydroxylation sites is 1. The van der Waals surface area contributed by atoms with Gasteiger partial charge in [-0.25, -0.2) is 0 Å². The predicted octanol–water partition coefficient (Wildman–Crippen LogP) is 3.91. The van der Waals surface area contributed by atoms with E-state index in [1.807, 2.05) is 48.5 Å². The van der Waals surface area contributed by atoms with Gasteiger partial charge in [-0.05, 0) is 53.9 Å². The molecule has 0 spiro atoms. The van der Waals surface area contributed by atoms with Crippen LogP contribution in [0.4, 0.5) is 11.4 Å². The highest BCUT2D eigenvalue weighted by molar-refractivity contribution is 6.03. The van der Waals surface area contributed by atoms with E-state index < -0.39 is 0 Å². The van der Waals surface area contributed by atoms with Crippen molar-refractivity contribution in [2.75, 3.05) is 31.0 Å². The van der Waals surface area contributed by atoms with Crippen LogP contribution in [-0.2, 0) is 13.0 Å². The monoisotopic (exact) mass is 389 g/mol. The van der Waals surface area contributed by atoms with Crippen LogP contribution in [0.3, 0.4) is 0 Å². The van der Waals surface area contributed by atoms with Crippen molar-refractivity contribution in [2.45, 2.75) is 13.0 Å². The van der Waals surface area contributed by atoms with Crippen molar-refractivity contribution in [1.82, 2.24) is 4.98 Å². The van der Waals surface area contributed by atoms with Crippen molar-refractivity contribution < 1.29 is 14.3 Å². The normalized spacial score (nSPS) is 12.8. The van der Waals surface area contributed by atoms with E-state index in [2.05, 4.69) is 21.3 Å². The number of aromatic nitrogens is 1. The summed E-state index contributed by atoms with van der Waals surface area (Å²) in [7, 11) is 3.30. The minimum atomic E-state index is -0.220. The Labute approximate surface area is 170 Å². The van der Waals surface area contributed by atoms with Gasteiger partial charge in [-0.1, -0.05) is 18.2 Å². The van der Waals surface area contributed by atoms with E-state index in [1.54, 1.807) is 20.4 Å². The smallest absolute Gasteiger partial charge is 0.274 e. The van der Waals surface area contributed by atoms with Crippen LogP contribution in [0.1, 0.15) is 21.6 Å². The maximum Gasteiger partial charge on any atom is 0.274 e. The van der Waals surface area contributed by atoms with Gasteiger partial charge in [-0.15, -0.1) is 0 Å². The van der Waals surface area contributed by atoms with Crippen LogP contribution >= 0.6 is 0 Å². The van der Waals surface area contributed by atoms with E-state index in [0.29, 0.717) is 5.69 Å². The lowest BCUT2D eigenvalue weighted by Crippen LogP contribution is -2.30. The number of amides is 1. The molecular weight excluding hydrogens is 366 g/mol. The number of ether oxygens (including phenoxy) is 2. The summed E-state index contributed by atoms with van der Waals surface area (Å²) in [6.07, 6.45) is 2.57. The Morgan fingerprint density at radius 1 is 1.00 bits per heavy atom. The number of hydrogen-bond acceptors (Lipinski definition) is 5. The number of fused-ring (bicyclic) bond motifs is 1. The van der Waals surface area contributed by atoms with E-state index in [9.17, 15) is 4.79 Å². The molecule has 0 saturated carbocycles. The molecule has 148 valence electrons. The quantitative estimate of drug-likeness (QED) is 0.717. The minimum Gasteiger partial charge on any atom is -0.493 e. The highest BCUT2D eigenvalue weighted by Gasteiger charge is 2.20. The topological polar surface area (TPSA) is 63.7 Å². The summed E-state index contributed by atoms with van der Waals surface area (Å²) in [6.45, 7) is 1.59. The number of carbonyl (C=O) groups excluding carboxylic acids is 1. The van der Waals surface area contributed by atoms with E-state index in [4.69, 9.17) is 9.47 Å². The zero-order valence-electron chi connectivity index (χ0n) is 16.5. The number of anilines is 2. The Bertz CT molecular complexity index is 1020. The first kappa shape index (κ1) is 18.8. The Hall–Kier alpha value is -3.54. The predicted molar refractivity (Wildman–Crippen MR) is 113 cm³/mol. The first-order chi connectivity index (χ1) is 14.2. The maximum atomic E-state index is 12.6. The third kappa shape index (κ3) is 4.01. The molecule has 6 heteroatoms. The largest absolute Gasteiger partial charge is 0.493 e. The molecule has 2 heterocycles. The lowest BCUT2D eigenvalue weighted by molar-refractivity contribution is 0.102. The summed E-state index contributed by atoms with van der Waals surface area (Å²) < 4.78 is 10.9. The Kier molecular flexibility index (Phi) is 5.33. The highest BCUT2D eigenvalue weighted by Crippen LogP contribution is 2.34. The van der Waals surface area contributed by atoms with Crippen molar-refractivity contribution in [2.24, 2.45) is 0 Å². The summed E-state index contributed by atoms with van der Waals surface area (Å²) >= 11 is 0. The third-order valence-corrected chi connectivity index (χ3v) is 5.09. The van der Waals surface area contributed by atoms with Crippen molar-refractivity contribution in [3.63, 3.8) is 0 Å². The van der Waals surface area contributed by atoms with Gasteiger partial charge in [0.2, 0.25) is 0 Å². The van der Waals surface area contributed by atoms with Crippen LogP contribution < -0.4 is 19.7 Å². The molecule has 0 saturated heterocycles.